The summed E-state index contributed by atoms with van der Waals surface area (Å²) in [4.78, 5) is 32.8. The van der Waals surface area contributed by atoms with E-state index in [4.69, 9.17) is 0 Å². The van der Waals surface area contributed by atoms with Gasteiger partial charge < -0.3 is 9.47 Å². The van der Waals surface area contributed by atoms with Crippen LogP contribution in [0.15, 0.2) is 41.5 Å². The van der Waals surface area contributed by atoms with E-state index in [0.717, 1.165) is 19.3 Å². The number of carbonyl (C=O) groups excluding carboxylic acids is 2. The summed E-state index contributed by atoms with van der Waals surface area (Å²) in [7, 11) is 2.31. The van der Waals surface area contributed by atoms with Gasteiger partial charge in [0.2, 0.25) is 0 Å². The van der Waals surface area contributed by atoms with E-state index in [1.54, 1.807) is 6.07 Å². The van der Waals surface area contributed by atoms with Crippen LogP contribution in [-0.4, -0.2) is 36.8 Å². The summed E-state index contributed by atoms with van der Waals surface area (Å²) in [5.41, 5.74) is 2.00. The van der Waals surface area contributed by atoms with Gasteiger partial charge in [-0.1, -0.05) is 12.1 Å². The van der Waals surface area contributed by atoms with Crippen molar-refractivity contribution in [3.05, 3.63) is 46.5 Å². The predicted molar refractivity (Wildman–Crippen MR) is 77.3 cm³/mol. The average molecular weight is 307 g/mol. The van der Waals surface area contributed by atoms with Crippen molar-refractivity contribution < 1.29 is 24.0 Å². The van der Waals surface area contributed by atoms with Crippen LogP contribution >= 0.6 is 0 Å². The van der Waals surface area contributed by atoms with Crippen LogP contribution in [0, 0.1) is 10.1 Å². The van der Waals surface area contributed by atoms with Crippen molar-refractivity contribution >= 4 is 29.0 Å². The normalized spacial score (nSPS) is 11.1. The smallest absolute Gasteiger partial charge is 0.358 e. The summed E-state index contributed by atoms with van der Waals surface area (Å²) < 4.78 is 8.88. The molecule has 9 heteroatoms. The van der Waals surface area contributed by atoms with Gasteiger partial charge in [0.25, 0.3) is 5.69 Å². The SMILES string of the molecule is COC(=O)/C=C/C(=N/Nc1ccccc1[N+](=O)[O-])C(=O)OC. The first-order chi connectivity index (χ1) is 10.5. The summed E-state index contributed by atoms with van der Waals surface area (Å²) >= 11 is 0. The fourth-order valence-corrected chi connectivity index (χ4v) is 1.32. The first kappa shape index (κ1) is 16.8. The number of anilines is 1. The van der Waals surface area contributed by atoms with Crippen LogP contribution in [0.5, 0.6) is 0 Å². The molecule has 1 aromatic rings. The topological polar surface area (TPSA) is 120 Å². The Morgan fingerprint density at radius 1 is 1.23 bits per heavy atom. The van der Waals surface area contributed by atoms with Crippen molar-refractivity contribution in [2.24, 2.45) is 5.10 Å². The van der Waals surface area contributed by atoms with E-state index in [1.807, 2.05) is 0 Å². The Morgan fingerprint density at radius 2 is 1.91 bits per heavy atom. The van der Waals surface area contributed by atoms with Gasteiger partial charge in [0.15, 0.2) is 5.71 Å². The number of ether oxygens (including phenoxy) is 2. The van der Waals surface area contributed by atoms with Crippen molar-refractivity contribution in [2.45, 2.75) is 0 Å². The Hall–Kier alpha value is -3.23. The number of methoxy groups -OCH3 is 2. The van der Waals surface area contributed by atoms with Gasteiger partial charge in [0.05, 0.1) is 19.1 Å². The van der Waals surface area contributed by atoms with Crippen molar-refractivity contribution in [1.82, 2.24) is 0 Å². The zero-order valence-corrected chi connectivity index (χ0v) is 11.8. The molecule has 9 nitrogen and oxygen atoms in total. The second-order valence-electron chi connectivity index (χ2n) is 3.73. The number of nitrogens with one attached hydrogen (secondary N) is 1. The summed E-state index contributed by atoms with van der Waals surface area (Å²) in [6, 6.07) is 5.75. The summed E-state index contributed by atoms with van der Waals surface area (Å²) in [5, 5.41) is 14.6. The molecule has 0 amide bonds. The molecule has 116 valence electrons. The quantitative estimate of drug-likeness (QED) is 0.276. The van der Waals surface area contributed by atoms with Gasteiger partial charge in [-0.3, -0.25) is 15.5 Å². The molecular weight excluding hydrogens is 294 g/mol. The number of esters is 2. The van der Waals surface area contributed by atoms with Gasteiger partial charge in [-0.15, -0.1) is 0 Å². The highest BCUT2D eigenvalue weighted by Gasteiger charge is 2.13. The second-order valence-corrected chi connectivity index (χ2v) is 3.73. The fraction of sp³-hybridized carbons (Fsp3) is 0.154. The Bertz CT molecular complexity index is 638. The van der Waals surface area contributed by atoms with E-state index in [0.29, 0.717) is 0 Å². The van der Waals surface area contributed by atoms with Crippen molar-refractivity contribution in [3.63, 3.8) is 0 Å². The Labute approximate surface area is 125 Å². The van der Waals surface area contributed by atoms with Crippen LogP contribution in [0.4, 0.5) is 11.4 Å². The number of rotatable bonds is 6. The van der Waals surface area contributed by atoms with Crippen LogP contribution in [0.2, 0.25) is 0 Å². The van der Waals surface area contributed by atoms with Crippen molar-refractivity contribution in [3.8, 4) is 0 Å². The standard InChI is InChI=1S/C13H13N3O6/c1-21-12(17)8-7-10(13(18)22-2)15-14-9-5-3-4-6-11(9)16(19)20/h3-8,14H,1-2H3/b8-7+,15-10-. The molecule has 1 rings (SSSR count). The predicted octanol–water partition coefficient (Wildman–Crippen LogP) is 1.26. The molecule has 0 saturated carbocycles. The van der Waals surface area contributed by atoms with Gasteiger partial charge in [-0.05, 0) is 12.1 Å². The van der Waals surface area contributed by atoms with Gasteiger partial charge in [0.1, 0.15) is 5.69 Å². The Balaban J connectivity index is 3.04. The molecule has 0 fully saturated rings. The van der Waals surface area contributed by atoms with Gasteiger partial charge in [-0.2, -0.15) is 5.10 Å². The highest BCUT2D eigenvalue weighted by atomic mass is 16.6. The highest BCUT2D eigenvalue weighted by molar-refractivity contribution is 6.41. The lowest BCUT2D eigenvalue weighted by Gasteiger charge is -2.03. The molecule has 0 aliphatic rings. The molecule has 1 N–H and O–H groups in total. The molecule has 0 aliphatic carbocycles. The summed E-state index contributed by atoms with van der Waals surface area (Å²) in [5.74, 6) is -1.52. The summed E-state index contributed by atoms with van der Waals surface area (Å²) in [6.45, 7) is 0. The number of hydrogen-bond donors (Lipinski definition) is 1. The number of nitro benzene ring substituents is 1. The zero-order chi connectivity index (χ0) is 16.5. The molecule has 0 unspecified atom stereocenters. The molecular formula is C13H13N3O6. The van der Waals surface area contributed by atoms with E-state index in [1.165, 1.54) is 25.3 Å². The molecule has 0 heterocycles. The number of nitro groups is 1. The number of carbonyl (C=O) groups is 2. The zero-order valence-electron chi connectivity index (χ0n) is 11.8. The maximum atomic E-state index is 11.5. The molecule has 22 heavy (non-hydrogen) atoms. The van der Waals surface area contributed by atoms with E-state index in [-0.39, 0.29) is 17.1 Å². The van der Waals surface area contributed by atoms with Gasteiger partial charge in [0, 0.05) is 12.1 Å². The lowest BCUT2D eigenvalue weighted by atomic mass is 10.3. The molecule has 0 bridgehead atoms. The first-order valence-corrected chi connectivity index (χ1v) is 5.91. The molecule has 0 aromatic heterocycles. The number of para-hydroxylation sites is 2. The van der Waals surface area contributed by atoms with Crippen LogP contribution in [0.1, 0.15) is 0 Å². The van der Waals surface area contributed by atoms with Crippen LogP contribution in [0.3, 0.4) is 0 Å². The third-order valence-electron chi connectivity index (χ3n) is 2.37. The lowest BCUT2D eigenvalue weighted by molar-refractivity contribution is -0.384. The first-order valence-electron chi connectivity index (χ1n) is 5.91. The average Bonchev–Trinajstić information content (AvgIpc) is 2.54. The third-order valence-corrected chi connectivity index (χ3v) is 2.37. The maximum absolute atomic E-state index is 11.5. The number of hydrazone groups is 1. The van der Waals surface area contributed by atoms with E-state index in [2.05, 4.69) is 20.0 Å². The Morgan fingerprint density at radius 3 is 2.50 bits per heavy atom. The van der Waals surface area contributed by atoms with Crippen molar-refractivity contribution in [2.75, 3.05) is 19.6 Å². The second kappa shape index (κ2) is 8.15. The minimum absolute atomic E-state index is 0.0837. The minimum atomic E-state index is -0.828. The van der Waals surface area contributed by atoms with Crippen molar-refractivity contribution in [1.29, 1.82) is 0 Å². The fourth-order valence-electron chi connectivity index (χ4n) is 1.32. The van der Waals surface area contributed by atoms with E-state index < -0.39 is 16.9 Å². The van der Waals surface area contributed by atoms with E-state index >= 15 is 0 Å². The Kier molecular flexibility index (Phi) is 6.23. The van der Waals surface area contributed by atoms with Crippen LogP contribution in [0.25, 0.3) is 0 Å². The highest BCUT2D eigenvalue weighted by Crippen LogP contribution is 2.22. The molecule has 0 radical (unpaired) electrons. The molecule has 0 spiro atoms. The monoisotopic (exact) mass is 307 g/mol. The molecule has 1 aromatic carbocycles. The minimum Gasteiger partial charge on any atom is -0.466 e. The van der Waals surface area contributed by atoms with Crippen LogP contribution < -0.4 is 5.43 Å². The number of benzene rings is 1. The summed E-state index contributed by atoms with van der Waals surface area (Å²) in [6.07, 6.45) is 2.04. The largest absolute Gasteiger partial charge is 0.466 e. The number of nitrogens with zero attached hydrogens (tertiary/aromatic N) is 2. The maximum Gasteiger partial charge on any atom is 0.358 e. The molecule has 0 aliphatic heterocycles. The lowest BCUT2D eigenvalue weighted by Crippen LogP contribution is -2.16. The third kappa shape index (κ3) is 4.71. The molecule has 0 saturated heterocycles. The molecule has 0 atom stereocenters. The number of hydrogen-bond acceptors (Lipinski definition) is 8. The van der Waals surface area contributed by atoms with Gasteiger partial charge in [-0.25, -0.2) is 9.59 Å². The van der Waals surface area contributed by atoms with E-state index in [9.17, 15) is 19.7 Å². The van der Waals surface area contributed by atoms with Gasteiger partial charge >= 0.3 is 11.9 Å². The van der Waals surface area contributed by atoms with Crippen LogP contribution in [-0.2, 0) is 19.1 Å².